The van der Waals surface area contributed by atoms with Crippen molar-refractivity contribution in [2.75, 3.05) is 7.05 Å². The van der Waals surface area contributed by atoms with Crippen molar-refractivity contribution in [3.05, 3.63) is 108 Å². The molecule has 1 aromatic heterocycles. The predicted octanol–water partition coefficient (Wildman–Crippen LogP) is 2.11. The molecule has 4 amide bonds. The Kier molecular flexibility index (Phi) is 10.8. The Morgan fingerprint density at radius 3 is 2.04 bits per heavy atom. The van der Waals surface area contributed by atoms with E-state index in [1.54, 1.807) is 31.3 Å². The Balaban J connectivity index is 1.71. The Bertz CT molecular complexity index is 1650. The maximum atomic E-state index is 14.2. The first-order chi connectivity index (χ1) is 21.6. The van der Waals surface area contributed by atoms with Gasteiger partial charge in [0.05, 0.1) is 11.6 Å². The van der Waals surface area contributed by atoms with E-state index in [1.807, 2.05) is 60.7 Å². The van der Waals surface area contributed by atoms with Crippen molar-refractivity contribution in [1.82, 2.24) is 25.4 Å². The van der Waals surface area contributed by atoms with Gasteiger partial charge in [-0.3, -0.25) is 28.5 Å². The number of fused-ring (bicyclic) bond motifs is 1. The summed E-state index contributed by atoms with van der Waals surface area (Å²) >= 11 is 0. The number of amides is 4. The van der Waals surface area contributed by atoms with Gasteiger partial charge in [0, 0.05) is 44.1 Å². The number of benzene rings is 3. The molecular formula is C34H37N5O6. The van der Waals surface area contributed by atoms with Crippen LogP contribution in [0.2, 0.25) is 0 Å². The molecule has 4 aromatic rings. The summed E-state index contributed by atoms with van der Waals surface area (Å²) in [7, 11) is 1.65. The molecule has 234 valence electrons. The highest BCUT2D eigenvalue weighted by Gasteiger charge is 2.34. The minimum atomic E-state index is -1.40. The minimum Gasteiger partial charge on any atom is -0.391 e. The molecule has 0 aliphatic heterocycles. The lowest BCUT2D eigenvalue weighted by molar-refractivity contribution is -0.137. The van der Waals surface area contributed by atoms with Crippen LogP contribution in [0.3, 0.4) is 0 Å². The van der Waals surface area contributed by atoms with E-state index in [1.165, 1.54) is 29.5 Å². The van der Waals surface area contributed by atoms with E-state index in [9.17, 15) is 29.1 Å². The van der Waals surface area contributed by atoms with Crippen LogP contribution in [0.25, 0.3) is 10.9 Å². The van der Waals surface area contributed by atoms with Gasteiger partial charge in [0.2, 0.25) is 30.0 Å². The standard InChI is InChI=1S/C34H37N5O6/c1-22(41)30(35-23(2)42)32(43)37-31(27-20-39(21-40)29-17-11-10-16-26(27)29)33(44)36-28(18-24-12-6-4-7-13-24)34(45)38(3)19-25-14-8-5-9-15-25/h4-17,20-22,28,30-31,41H,18-19H2,1-3H3,(H,35,42)(H,36,44)(H,37,43)/t22-,28+,30+,31?/m1/s1. The van der Waals surface area contributed by atoms with Crippen molar-refractivity contribution in [2.24, 2.45) is 0 Å². The second-order valence-corrected chi connectivity index (χ2v) is 10.9. The number of carbonyl (C=O) groups is 5. The zero-order valence-electron chi connectivity index (χ0n) is 25.3. The quantitative estimate of drug-likeness (QED) is 0.170. The number of likely N-dealkylation sites (N-methyl/N-ethyl adjacent to an activating group) is 1. The fourth-order valence-electron chi connectivity index (χ4n) is 5.20. The summed E-state index contributed by atoms with van der Waals surface area (Å²) < 4.78 is 1.29. The zero-order valence-corrected chi connectivity index (χ0v) is 25.3. The number of para-hydroxylation sites is 1. The maximum Gasteiger partial charge on any atom is 0.247 e. The van der Waals surface area contributed by atoms with E-state index in [0.717, 1.165) is 11.1 Å². The van der Waals surface area contributed by atoms with Crippen molar-refractivity contribution >= 4 is 40.9 Å². The molecule has 1 heterocycles. The van der Waals surface area contributed by atoms with Gasteiger partial charge in [-0.2, -0.15) is 0 Å². The normalized spacial score (nSPS) is 13.6. The van der Waals surface area contributed by atoms with Gasteiger partial charge >= 0.3 is 0 Å². The molecule has 4 N–H and O–H groups in total. The summed E-state index contributed by atoms with van der Waals surface area (Å²) in [5.74, 6) is -2.44. The van der Waals surface area contributed by atoms with E-state index in [0.29, 0.717) is 29.4 Å². The van der Waals surface area contributed by atoms with Crippen LogP contribution in [0.15, 0.2) is 91.1 Å². The first-order valence-electron chi connectivity index (χ1n) is 14.5. The zero-order chi connectivity index (χ0) is 32.5. The van der Waals surface area contributed by atoms with E-state index in [4.69, 9.17) is 0 Å². The highest BCUT2D eigenvalue weighted by atomic mass is 16.3. The summed E-state index contributed by atoms with van der Waals surface area (Å²) in [6.07, 6.45) is 0.906. The fourth-order valence-corrected chi connectivity index (χ4v) is 5.20. The summed E-state index contributed by atoms with van der Waals surface area (Å²) in [5.41, 5.74) is 2.51. The van der Waals surface area contributed by atoms with Crippen LogP contribution >= 0.6 is 0 Å². The number of carbonyl (C=O) groups excluding carboxylic acids is 5. The summed E-state index contributed by atoms with van der Waals surface area (Å²) in [5, 5.41) is 18.7. The van der Waals surface area contributed by atoms with Crippen LogP contribution in [-0.4, -0.2) is 69.8 Å². The molecule has 0 spiro atoms. The van der Waals surface area contributed by atoms with Gasteiger partial charge in [-0.05, 0) is 24.1 Å². The number of aromatic nitrogens is 1. The lowest BCUT2D eigenvalue weighted by Gasteiger charge is -2.28. The number of nitrogens with one attached hydrogen (secondary N) is 3. The van der Waals surface area contributed by atoms with Crippen LogP contribution < -0.4 is 16.0 Å². The Morgan fingerprint density at radius 2 is 1.44 bits per heavy atom. The van der Waals surface area contributed by atoms with Crippen LogP contribution in [0.5, 0.6) is 0 Å². The fraction of sp³-hybridized carbons (Fsp3) is 0.265. The number of nitrogens with zero attached hydrogens (tertiary/aromatic N) is 2. The number of aliphatic hydroxyl groups is 1. The topological polar surface area (TPSA) is 150 Å². The molecule has 45 heavy (non-hydrogen) atoms. The molecule has 4 atom stereocenters. The third kappa shape index (κ3) is 8.21. The van der Waals surface area contributed by atoms with E-state index >= 15 is 0 Å². The molecule has 1 unspecified atom stereocenters. The first-order valence-corrected chi connectivity index (χ1v) is 14.5. The number of aliphatic hydroxyl groups excluding tert-OH is 1. The summed E-state index contributed by atoms with van der Waals surface area (Å²) in [6.45, 7) is 2.85. The third-order valence-electron chi connectivity index (χ3n) is 7.40. The van der Waals surface area contributed by atoms with Gasteiger partial charge in [0.1, 0.15) is 18.1 Å². The molecule has 0 radical (unpaired) electrons. The highest BCUT2D eigenvalue weighted by molar-refractivity contribution is 5.99. The molecule has 0 saturated heterocycles. The predicted molar refractivity (Wildman–Crippen MR) is 169 cm³/mol. The van der Waals surface area contributed by atoms with Crippen LogP contribution in [0.4, 0.5) is 0 Å². The van der Waals surface area contributed by atoms with Gasteiger partial charge in [-0.25, -0.2) is 0 Å². The van der Waals surface area contributed by atoms with Gasteiger partial charge < -0.3 is 26.0 Å². The van der Waals surface area contributed by atoms with Crippen molar-refractivity contribution in [1.29, 1.82) is 0 Å². The highest BCUT2D eigenvalue weighted by Crippen LogP contribution is 2.27. The molecule has 3 aromatic carbocycles. The molecular weight excluding hydrogens is 574 g/mol. The number of hydrogen-bond donors (Lipinski definition) is 4. The first kappa shape index (κ1) is 32.6. The molecule has 4 rings (SSSR count). The second kappa shape index (κ2) is 14.9. The molecule has 0 aliphatic carbocycles. The maximum absolute atomic E-state index is 14.2. The van der Waals surface area contributed by atoms with E-state index in [-0.39, 0.29) is 12.3 Å². The Hall–Kier alpha value is -5.29. The van der Waals surface area contributed by atoms with E-state index < -0.39 is 42.0 Å². The van der Waals surface area contributed by atoms with Gasteiger partial charge in [0.25, 0.3) is 0 Å². The van der Waals surface area contributed by atoms with Crippen molar-refractivity contribution in [3.63, 3.8) is 0 Å². The molecule has 11 nitrogen and oxygen atoms in total. The van der Waals surface area contributed by atoms with Crippen molar-refractivity contribution in [2.45, 2.75) is 51.0 Å². The van der Waals surface area contributed by atoms with E-state index in [2.05, 4.69) is 16.0 Å². The SMILES string of the molecule is CC(=O)N[C@H](C(=O)NC(C(=O)N[C@@H](Cc1ccccc1)C(=O)N(C)Cc1ccccc1)c1cn(C=O)c2ccccc12)[C@@H](C)O. The van der Waals surface area contributed by atoms with Crippen LogP contribution in [0, 0.1) is 0 Å². The van der Waals surface area contributed by atoms with Gasteiger partial charge in [-0.1, -0.05) is 78.9 Å². The Labute approximate surface area is 261 Å². The molecule has 0 aliphatic rings. The monoisotopic (exact) mass is 611 g/mol. The largest absolute Gasteiger partial charge is 0.391 e. The summed E-state index contributed by atoms with van der Waals surface area (Å²) in [6, 6.07) is 21.7. The smallest absolute Gasteiger partial charge is 0.247 e. The lowest BCUT2D eigenvalue weighted by Crippen LogP contribution is -2.56. The van der Waals surface area contributed by atoms with Crippen molar-refractivity contribution in [3.8, 4) is 0 Å². The Morgan fingerprint density at radius 1 is 0.844 bits per heavy atom. The second-order valence-electron chi connectivity index (χ2n) is 10.9. The molecule has 0 bridgehead atoms. The molecule has 11 heteroatoms. The van der Waals surface area contributed by atoms with Gasteiger partial charge in [0.15, 0.2) is 0 Å². The molecule has 0 fully saturated rings. The van der Waals surface area contributed by atoms with Crippen LogP contribution in [-0.2, 0) is 36.9 Å². The summed E-state index contributed by atoms with van der Waals surface area (Å²) in [4.78, 5) is 66.7. The van der Waals surface area contributed by atoms with Crippen LogP contribution in [0.1, 0.15) is 36.6 Å². The minimum absolute atomic E-state index is 0.170. The average molecular weight is 612 g/mol. The number of hydrogen-bond acceptors (Lipinski definition) is 6. The molecule has 0 saturated carbocycles. The third-order valence-corrected chi connectivity index (χ3v) is 7.40. The average Bonchev–Trinajstić information content (AvgIpc) is 3.41. The number of rotatable bonds is 13. The van der Waals surface area contributed by atoms with Gasteiger partial charge in [-0.15, -0.1) is 0 Å². The van der Waals surface area contributed by atoms with Crippen molar-refractivity contribution < 1.29 is 29.1 Å². The lowest BCUT2D eigenvalue weighted by atomic mass is 10.0.